The highest BCUT2D eigenvalue weighted by Crippen LogP contribution is 2.42. The molecule has 0 N–H and O–H groups in total. The fourth-order valence-corrected chi connectivity index (χ4v) is 8.76. The van der Waals surface area contributed by atoms with Crippen molar-refractivity contribution in [2.24, 2.45) is 0 Å². The van der Waals surface area contributed by atoms with Crippen molar-refractivity contribution in [3.05, 3.63) is 193 Å². The van der Waals surface area contributed by atoms with Crippen LogP contribution in [0.5, 0.6) is 0 Å². The Balaban J connectivity index is 1.18. The SMILES string of the molecule is [C-]#[N+]c1ccc2c(c1)c1ccccc1n2-c1ccc(C#N)cc1-c1ccccc1-n1c2ccccc2c2cc(-n3c4ccccc4c4ccccc43)ccc21. The molecule has 0 saturated carbocycles. The van der Waals surface area contributed by atoms with Crippen LogP contribution in [0, 0.1) is 17.9 Å². The lowest BCUT2D eigenvalue weighted by Crippen LogP contribution is -2.02. The summed E-state index contributed by atoms with van der Waals surface area (Å²) < 4.78 is 7.01. The van der Waals surface area contributed by atoms with Crippen LogP contribution < -0.4 is 0 Å². The van der Waals surface area contributed by atoms with Gasteiger partial charge in [-0.2, -0.15) is 5.26 Å². The van der Waals surface area contributed by atoms with Crippen LogP contribution >= 0.6 is 0 Å². The van der Waals surface area contributed by atoms with Crippen LogP contribution in [0.3, 0.4) is 0 Å². The average Bonchev–Trinajstić information content (AvgIpc) is 3.88. The van der Waals surface area contributed by atoms with Crippen LogP contribution in [-0.2, 0) is 0 Å². The molecule has 0 fully saturated rings. The number of nitrogens with zero attached hydrogens (tertiary/aromatic N) is 5. The van der Waals surface area contributed by atoms with Crippen LogP contribution in [-0.4, -0.2) is 13.7 Å². The molecule has 0 saturated heterocycles. The first kappa shape index (κ1) is 30.7. The van der Waals surface area contributed by atoms with Gasteiger partial charge in [-0.1, -0.05) is 97.1 Å². The molecule has 5 heteroatoms. The Labute approximate surface area is 316 Å². The number of benzene rings is 8. The van der Waals surface area contributed by atoms with Gasteiger partial charge in [0.1, 0.15) is 0 Å². The van der Waals surface area contributed by atoms with Gasteiger partial charge in [0.15, 0.2) is 5.69 Å². The van der Waals surface area contributed by atoms with Gasteiger partial charge in [-0.05, 0) is 84.2 Å². The first-order valence-corrected chi connectivity index (χ1v) is 18.3. The summed E-state index contributed by atoms with van der Waals surface area (Å²) >= 11 is 0. The van der Waals surface area contributed by atoms with Gasteiger partial charge in [0.2, 0.25) is 0 Å². The minimum absolute atomic E-state index is 0.586. The second kappa shape index (κ2) is 11.8. The zero-order chi connectivity index (χ0) is 36.6. The molecule has 0 atom stereocenters. The maximum atomic E-state index is 10.2. The largest absolute Gasteiger partial charge is 0.309 e. The van der Waals surface area contributed by atoms with E-state index in [0.717, 1.165) is 66.4 Å². The van der Waals surface area contributed by atoms with Crippen LogP contribution in [0.15, 0.2) is 176 Å². The number of rotatable bonds is 4. The van der Waals surface area contributed by atoms with Crippen molar-refractivity contribution in [3.8, 4) is 34.3 Å². The normalized spacial score (nSPS) is 11.6. The van der Waals surface area contributed by atoms with E-state index in [1.807, 2.05) is 36.4 Å². The third kappa shape index (κ3) is 4.45. The van der Waals surface area contributed by atoms with Crippen molar-refractivity contribution in [1.29, 1.82) is 5.26 Å². The minimum atomic E-state index is 0.586. The number of fused-ring (bicyclic) bond motifs is 9. The van der Waals surface area contributed by atoms with Gasteiger partial charge in [-0.15, -0.1) is 0 Å². The molecule has 0 bridgehead atoms. The molecule has 0 amide bonds. The second-order valence-electron chi connectivity index (χ2n) is 14.0. The average molecular weight is 700 g/mol. The van der Waals surface area contributed by atoms with E-state index in [0.29, 0.717) is 11.3 Å². The number of nitriles is 1. The Morgan fingerprint density at radius 1 is 0.400 bits per heavy atom. The fourth-order valence-electron chi connectivity index (χ4n) is 8.76. The van der Waals surface area contributed by atoms with E-state index in [4.69, 9.17) is 6.57 Å². The molecule has 0 radical (unpaired) electrons. The molecule has 8 aromatic carbocycles. The van der Waals surface area contributed by atoms with Crippen molar-refractivity contribution in [1.82, 2.24) is 13.7 Å². The topological polar surface area (TPSA) is 42.9 Å². The summed E-state index contributed by atoms with van der Waals surface area (Å²) in [6.07, 6.45) is 0. The van der Waals surface area contributed by atoms with Gasteiger partial charge in [0.25, 0.3) is 0 Å². The quantitative estimate of drug-likeness (QED) is 0.169. The van der Waals surface area contributed by atoms with Crippen LogP contribution in [0.1, 0.15) is 5.56 Å². The van der Waals surface area contributed by atoms with Gasteiger partial charge in [-0.25, -0.2) is 4.85 Å². The van der Waals surface area contributed by atoms with Gasteiger partial charge in [0, 0.05) is 43.7 Å². The Kier molecular flexibility index (Phi) is 6.61. The van der Waals surface area contributed by atoms with E-state index in [1.165, 1.54) is 27.2 Å². The summed E-state index contributed by atoms with van der Waals surface area (Å²) in [5.74, 6) is 0. The molecule has 0 aliphatic heterocycles. The van der Waals surface area contributed by atoms with Crippen molar-refractivity contribution < 1.29 is 0 Å². The lowest BCUT2D eigenvalue weighted by Gasteiger charge is -2.19. The van der Waals surface area contributed by atoms with Gasteiger partial charge >= 0.3 is 0 Å². The Hall–Kier alpha value is -7.86. The molecule has 0 aliphatic carbocycles. The van der Waals surface area contributed by atoms with E-state index >= 15 is 0 Å². The summed E-state index contributed by atoms with van der Waals surface area (Å²) in [7, 11) is 0. The summed E-state index contributed by atoms with van der Waals surface area (Å²) in [4.78, 5) is 3.73. The maximum Gasteiger partial charge on any atom is 0.188 e. The molecule has 0 aliphatic rings. The number of hydrogen-bond donors (Lipinski definition) is 0. The lowest BCUT2D eigenvalue weighted by atomic mass is 9.98. The summed E-state index contributed by atoms with van der Waals surface area (Å²) in [6, 6.07) is 63.8. The van der Waals surface area contributed by atoms with E-state index in [-0.39, 0.29) is 0 Å². The first-order valence-electron chi connectivity index (χ1n) is 18.3. The van der Waals surface area contributed by atoms with Crippen LogP contribution in [0.25, 0.3) is 98.5 Å². The third-order valence-corrected chi connectivity index (χ3v) is 11.1. The van der Waals surface area contributed by atoms with E-state index < -0.39 is 0 Å². The van der Waals surface area contributed by atoms with Crippen molar-refractivity contribution in [2.45, 2.75) is 0 Å². The molecule has 11 aromatic rings. The van der Waals surface area contributed by atoms with E-state index in [9.17, 15) is 5.26 Å². The zero-order valence-electron chi connectivity index (χ0n) is 29.5. The molecular formula is C50H29N5. The van der Waals surface area contributed by atoms with E-state index in [2.05, 4.69) is 164 Å². The Morgan fingerprint density at radius 3 is 1.47 bits per heavy atom. The van der Waals surface area contributed by atoms with Crippen LogP contribution in [0.4, 0.5) is 5.69 Å². The number of hydrogen-bond acceptors (Lipinski definition) is 1. The highest BCUT2D eigenvalue weighted by atomic mass is 15.0. The predicted molar refractivity (Wildman–Crippen MR) is 226 cm³/mol. The molecular weight excluding hydrogens is 671 g/mol. The third-order valence-electron chi connectivity index (χ3n) is 11.1. The molecule has 254 valence electrons. The fraction of sp³-hybridized carbons (Fsp3) is 0. The highest BCUT2D eigenvalue weighted by molar-refractivity contribution is 6.13. The molecule has 55 heavy (non-hydrogen) atoms. The van der Waals surface area contributed by atoms with Crippen molar-refractivity contribution in [2.75, 3.05) is 0 Å². The van der Waals surface area contributed by atoms with E-state index in [1.54, 1.807) is 0 Å². The summed E-state index contributed by atoms with van der Waals surface area (Å²) in [5.41, 5.74) is 12.8. The molecule has 3 aromatic heterocycles. The Morgan fingerprint density at radius 2 is 0.873 bits per heavy atom. The molecule has 5 nitrogen and oxygen atoms in total. The standard InChI is InChI=1S/C50H29N5/c1-52-33-23-26-49-41(29-33)38-15-5-10-20-46(38)55(49)48-25-22-32(31-51)28-40(48)37-14-4-9-19-45(37)54-47-21-11-6-16-39(47)42-30-34(24-27-50(42)54)53-43-17-7-2-12-35(43)36-13-3-8-18-44(36)53/h2-30H. The van der Waals surface area contributed by atoms with Crippen molar-refractivity contribution in [3.63, 3.8) is 0 Å². The predicted octanol–water partition coefficient (Wildman–Crippen LogP) is 13.1. The minimum Gasteiger partial charge on any atom is -0.309 e. The zero-order valence-corrected chi connectivity index (χ0v) is 29.5. The maximum absolute atomic E-state index is 10.2. The number of para-hydroxylation sites is 5. The Bertz CT molecular complexity index is 3420. The van der Waals surface area contributed by atoms with Gasteiger partial charge in [-0.3, -0.25) is 0 Å². The monoisotopic (exact) mass is 699 g/mol. The summed E-state index contributed by atoms with van der Waals surface area (Å²) in [5, 5.41) is 17.1. The van der Waals surface area contributed by atoms with Crippen LogP contribution in [0.2, 0.25) is 0 Å². The molecule has 11 rings (SSSR count). The first-order chi connectivity index (χ1) is 27.2. The molecule has 3 heterocycles. The number of aromatic nitrogens is 3. The highest BCUT2D eigenvalue weighted by Gasteiger charge is 2.21. The van der Waals surface area contributed by atoms with Crippen molar-refractivity contribution >= 4 is 71.1 Å². The molecule has 0 unspecified atom stereocenters. The second-order valence-corrected chi connectivity index (χ2v) is 14.0. The smallest absolute Gasteiger partial charge is 0.188 e. The van der Waals surface area contributed by atoms with Gasteiger partial charge in [0.05, 0.1) is 62.7 Å². The molecule has 0 spiro atoms. The summed E-state index contributed by atoms with van der Waals surface area (Å²) in [6.45, 7) is 7.69. The van der Waals surface area contributed by atoms with Gasteiger partial charge < -0.3 is 13.7 Å². The lowest BCUT2D eigenvalue weighted by molar-refractivity contribution is 1.15.